The van der Waals surface area contributed by atoms with Crippen LogP contribution in [0.4, 0.5) is 0 Å². The van der Waals surface area contributed by atoms with Crippen LogP contribution in [0.15, 0.2) is 54.7 Å². The molecule has 0 aliphatic rings. The van der Waals surface area contributed by atoms with E-state index >= 15 is 0 Å². The van der Waals surface area contributed by atoms with Gasteiger partial charge in [-0.25, -0.2) is 4.98 Å². The number of ether oxygens (including phenoxy) is 2. The molecule has 4 aromatic rings. The average molecular weight is 363 g/mol. The minimum Gasteiger partial charge on any atom is -0.618 e. The topological polar surface area (TPSA) is 63.2 Å². The molecule has 0 spiro atoms. The van der Waals surface area contributed by atoms with Crippen LogP contribution in [0.1, 0.15) is 11.4 Å². The Morgan fingerprint density at radius 1 is 1.15 bits per heavy atom. The molecule has 2 aromatic carbocycles. The minimum absolute atomic E-state index is 0.476. The summed E-state index contributed by atoms with van der Waals surface area (Å²) in [5.41, 5.74) is 3.28. The molecule has 0 atom stereocenters. The maximum Gasteiger partial charge on any atom is 0.226 e. The van der Waals surface area contributed by atoms with Crippen LogP contribution in [0.2, 0.25) is 0 Å². The molecule has 0 bridgehead atoms. The van der Waals surface area contributed by atoms with Crippen LogP contribution in [0.3, 0.4) is 0 Å². The molecule has 0 fully saturated rings. The van der Waals surface area contributed by atoms with E-state index in [1.165, 1.54) is 6.20 Å². The molecule has 0 aliphatic heterocycles. The van der Waals surface area contributed by atoms with E-state index < -0.39 is 0 Å². The molecule has 4 rings (SSSR count). The first-order valence-electron chi connectivity index (χ1n) is 8.84. The van der Waals surface area contributed by atoms with E-state index in [1.807, 2.05) is 54.1 Å². The van der Waals surface area contributed by atoms with Crippen LogP contribution >= 0.6 is 0 Å². The number of nitrogens with zero attached hydrogens (tertiary/aromatic N) is 3. The molecule has 27 heavy (non-hydrogen) atoms. The normalized spacial score (nSPS) is 11.3. The molecule has 0 saturated carbocycles. The quantitative estimate of drug-likeness (QED) is 0.390. The fraction of sp³-hybridized carbons (Fsp3) is 0.238. The average Bonchev–Trinajstić information content (AvgIpc) is 3.01. The highest BCUT2D eigenvalue weighted by molar-refractivity contribution is 6.01. The van der Waals surface area contributed by atoms with Crippen LogP contribution in [0.5, 0.6) is 5.75 Å². The van der Waals surface area contributed by atoms with Gasteiger partial charge < -0.3 is 19.2 Å². The molecule has 0 saturated heterocycles. The third-order valence-electron chi connectivity index (χ3n) is 4.69. The number of imidazole rings is 1. The van der Waals surface area contributed by atoms with Gasteiger partial charge in [0.05, 0.1) is 17.5 Å². The molecule has 0 unspecified atom stereocenters. The van der Waals surface area contributed by atoms with Crippen molar-refractivity contribution in [3.63, 3.8) is 0 Å². The lowest BCUT2D eigenvalue weighted by Crippen LogP contribution is -2.26. The van der Waals surface area contributed by atoms with Gasteiger partial charge in [-0.05, 0) is 17.7 Å². The Morgan fingerprint density at radius 3 is 2.74 bits per heavy atom. The van der Waals surface area contributed by atoms with Gasteiger partial charge in [0.1, 0.15) is 18.2 Å². The maximum atomic E-state index is 12.4. The number of pyridine rings is 1. The van der Waals surface area contributed by atoms with Crippen LogP contribution in [-0.4, -0.2) is 23.3 Å². The first-order chi connectivity index (χ1) is 13.2. The Hall–Kier alpha value is -3.12. The Kier molecular flexibility index (Phi) is 4.64. The second-order valence-corrected chi connectivity index (χ2v) is 6.47. The van der Waals surface area contributed by atoms with Crippen molar-refractivity contribution in [3.05, 3.63) is 71.3 Å². The Morgan fingerprint density at radius 2 is 1.96 bits per heavy atom. The van der Waals surface area contributed by atoms with E-state index in [1.54, 1.807) is 13.2 Å². The van der Waals surface area contributed by atoms with Crippen LogP contribution in [0, 0.1) is 5.21 Å². The smallest absolute Gasteiger partial charge is 0.226 e. The van der Waals surface area contributed by atoms with Crippen molar-refractivity contribution in [1.82, 2.24) is 9.55 Å². The predicted molar refractivity (Wildman–Crippen MR) is 104 cm³/mol. The Balaban J connectivity index is 1.76. The zero-order valence-electron chi connectivity index (χ0n) is 15.4. The predicted octanol–water partition coefficient (Wildman–Crippen LogP) is 3.13. The summed E-state index contributed by atoms with van der Waals surface area (Å²) in [6.45, 7) is 1.06. The fourth-order valence-corrected chi connectivity index (χ4v) is 3.30. The van der Waals surface area contributed by atoms with E-state index in [0.29, 0.717) is 30.7 Å². The highest BCUT2D eigenvalue weighted by Gasteiger charge is 2.17. The van der Waals surface area contributed by atoms with E-state index in [0.717, 1.165) is 32.8 Å². The summed E-state index contributed by atoms with van der Waals surface area (Å²) in [7, 11) is 3.63. The number of benzene rings is 2. The summed E-state index contributed by atoms with van der Waals surface area (Å²) in [4.78, 5) is 4.61. The number of rotatable bonds is 6. The van der Waals surface area contributed by atoms with Gasteiger partial charge in [-0.15, -0.1) is 0 Å². The van der Waals surface area contributed by atoms with Gasteiger partial charge in [-0.1, -0.05) is 30.3 Å². The summed E-state index contributed by atoms with van der Waals surface area (Å²) >= 11 is 0. The second-order valence-electron chi connectivity index (χ2n) is 6.47. The van der Waals surface area contributed by atoms with Crippen molar-refractivity contribution in [2.24, 2.45) is 7.05 Å². The van der Waals surface area contributed by atoms with Crippen molar-refractivity contribution in [3.8, 4) is 5.75 Å². The first-order valence-corrected chi connectivity index (χ1v) is 8.84. The number of hydrogen-bond acceptors (Lipinski definition) is 4. The number of aryl methyl sites for hydroxylation is 1. The number of methoxy groups -OCH3 is 1. The van der Waals surface area contributed by atoms with Crippen molar-refractivity contribution in [2.75, 3.05) is 13.7 Å². The lowest BCUT2D eigenvalue weighted by atomic mass is 10.2. The van der Waals surface area contributed by atoms with Crippen LogP contribution in [0.25, 0.3) is 21.9 Å². The molecule has 6 heteroatoms. The van der Waals surface area contributed by atoms with Crippen molar-refractivity contribution < 1.29 is 14.2 Å². The van der Waals surface area contributed by atoms with Crippen LogP contribution < -0.4 is 9.47 Å². The molecule has 2 heterocycles. The molecule has 138 valence electrons. The van der Waals surface area contributed by atoms with Gasteiger partial charge in [0.15, 0.2) is 5.52 Å². The van der Waals surface area contributed by atoms with Gasteiger partial charge in [-0.3, -0.25) is 0 Å². The SMILES string of the molecule is COCCc1nc2c[n+]([O-])c3ccc(OCc4ccccc4)cc3c2n1C. The molecule has 0 radical (unpaired) electrons. The number of hydrogen-bond donors (Lipinski definition) is 0. The minimum atomic E-state index is 0.476. The molecule has 0 aliphatic carbocycles. The lowest BCUT2D eigenvalue weighted by Gasteiger charge is -2.09. The molecule has 0 N–H and O–H groups in total. The third-order valence-corrected chi connectivity index (χ3v) is 4.69. The highest BCUT2D eigenvalue weighted by atomic mass is 16.5. The van der Waals surface area contributed by atoms with Crippen molar-refractivity contribution >= 4 is 21.9 Å². The van der Waals surface area contributed by atoms with Gasteiger partial charge in [0.25, 0.3) is 0 Å². The van der Waals surface area contributed by atoms with E-state index in [4.69, 9.17) is 9.47 Å². The van der Waals surface area contributed by atoms with Crippen molar-refractivity contribution in [2.45, 2.75) is 13.0 Å². The summed E-state index contributed by atoms with van der Waals surface area (Å²) in [5.74, 6) is 1.61. The maximum absolute atomic E-state index is 12.4. The van der Waals surface area contributed by atoms with E-state index in [-0.39, 0.29) is 0 Å². The standard InChI is InChI=1S/C21H21N3O3/c1-23-20(10-11-26-2)22-18-13-24(25)19-9-8-16(12-17(19)21(18)23)27-14-15-6-4-3-5-7-15/h3-9,12-13H,10-11,14H2,1-2H3. The van der Waals surface area contributed by atoms with Gasteiger partial charge in [-0.2, -0.15) is 4.73 Å². The zero-order chi connectivity index (χ0) is 18.8. The van der Waals surface area contributed by atoms with Crippen molar-refractivity contribution in [1.29, 1.82) is 0 Å². The molecule has 6 nitrogen and oxygen atoms in total. The third kappa shape index (κ3) is 3.31. The Bertz CT molecular complexity index is 1090. The monoisotopic (exact) mass is 363 g/mol. The van der Waals surface area contributed by atoms with Gasteiger partial charge in [0, 0.05) is 26.6 Å². The van der Waals surface area contributed by atoms with Crippen LogP contribution in [-0.2, 0) is 24.8 Å². The number of aromatic nitrogens is 3. The molecular formula is C21H21N3O3. The van der Waals surface area contributed by atoms with Gasteiger partial charge in [0.2, 0.25) is 11.7 Å². The number of fused-ring (bicyclic) bond motifs is 3. The second kappa shape index (κ2) is 7.25. The molecule has 0 amide bonds. The van der Waals surface area contributed by atoms with E-state index in [2.05, 4.69) is 4.98 Å². The first kappa shape index (κ1) is 17.3. The molecule has 2 aromatic heterocycles. The van der Waals surface area contributed by atoms with E-state index in [9.17, 15) is 5.21 Å². The summed E-state index contributed by atoms with van der Waals surface area (Å²) in [6.07, 6.45) is 2.21. The lowest BCUT2D eigenvalue weighted by molar-refractivity contribution is -0.575. The highest BCUT2D eigenvalue weighted by Crippen LogP contribution is 2.27. The summed E-state index contributed by atoms with van der Waals surface area (Å²) in [5, 5.41) is 13.2. The fourth-order valence-electron chi connectivity index (χ4n) is 3.30. The Labute approximate surface area is 157 Å². The largest absolute Gasteiger partial charge is 0.618 e. The summed E-state index contributed by atoms with van der Waals surface area (Å²) in [6, 6.07) is 15.5. The zero-order valence-corrected chi connectivity index (χ0v) is 15.4. The summed E-state index contributed by atoms with van der Waals surface area (Å²) < 4.78 is 14.0. The molecular weight excluding hydrogens is 342 g/mol. The van der Waals surface area contributed by atoms with Gasteiger partial charge >= 0.3 is 0 Å².